The Bertz CT molecular complexity index is 1160. The highest BCUT2D eigenvalue weighted by molar-refractivity contribution is 7.89. The van der Waals surface area contributed by atoms with Crippen LogP contribution in [-0.4, -0.2) is 29.8 Å². The highest BCUT2D eigenvalue weighted by Gasteiger charge is 2.55. The Hall–Kier alpha value is -2.96. The SMILES string of the molecule is CC[C@]1(c2ccccc2)[C@H](O)C(c2ccccc2)=NN1S(=O)(=O)c1ccc(C)cc1. The van der Waals surface area contributed by atoms with Crippen LogP contribution < -0.4 is 0 Å². The Labute approximate surface area is 177 Å². The van der Waals surface area contributed by atoms with Gasteiger partial charge < -0.3 is 5.11 Å². The second kappa shape index (κ2) is 7.70. The minimum atomic E-state index is -4.01. The topological polar surface area (TPSA) is 70.0 Å². The lowest BCUT2D eigenvalue weighted by atomic mass is 9.80. The van der Waals surface area contributed by atoms with Crippen molar-refractivity contribution in [3.63, 3.8) is 0 Å². The van der Waals surface area contributed by atoms with Crippen LogP contribution in [0.1, 0.15) is 30.0 Å². The summed E-state index contributed by atoms with van der Waals surface area (Å²) in [4.78, 5) is 0.145. The monoisotopic (exact) mass is 420 g/mol. The quantitative estimate of drug-likeness (QED) is 0.676. The van der Waals surface area contributed by atoms with Gasteiger partial charge in [-0.15, -0.1) is 0 Å². The fraction of sp³-hybridized carbons (Fsp3) is 0.208. The van der Waals surface area contributed by atoms with Gasteiger partial charge >= 0.3 is 0 Å². The van der Waals surface area contributed by atoms with Gasteiger partial charge in [-0.1, -0.05) is 85.3 Å². The number of benzene rings is 3. The summed E-state index contributed by atoms with van der Waals surface area (Å²) in [6, 6.07) is 25.1. The molecule has 0 saturated heterocycles. The lowest BCUT2D eigenvalue weighted by Crippen LogP contribution is -2.51. The maximum Gasteiger partial charge on any atom is 0.279 e. The molecule has 0 bridgehead atoms. The van der Waals surface area contributed by atoms with Crippen LogP contribution in [0.2, 0.25) is 0 Å². The smallest absolute Gasteiger partial charge is 0.279 e. The first-order valence-corrected chi connectivity index (χ1v) is 11.3. The number of aliphatic hydroxyl groups is 1. The Morgan fingerprint density at radius 1 is 0.933 bits per heavy atom. The number of hydrogen-bond acceptors (Lipinski definition) is 4. The van der Waals surface area contributed by atoms with Crippen LogP contribution in [0.4, 0.5) is 0 Å². The van der Waals surface area contributed by atoms with Crippen LogP contribution in [0.25, 0.3) is 0 Å². The lowest BCUT2D eigenvalue weighted by Gasteiger charge is -2.38. The highest BCUT2D eigenvalue weighted by Crippen LogP contribution is 2.45. The number of rotatable bonds is 5. The minimum Gasteiger partial charge on any atom is -0.384 e. The van der Waals surface area contributed by atoms with Gasteiger partial charge in [0.05, 0.1) is 4.90 Å². The normalized spacial score (nSPS) is 21.5. The third kappa shape index (κ3) is 3.13. The number of aryl methyl sites for hydroxylation is 1. The first-order chi connectivity index (χ1) is 14.4. The van der Waals surface area contributed by atoms with Gasteiger partial charge in [0.15, 0.2) is 0 Å². The van der Waals surface area contributed by atoms with Crippen molar-refractivity contribution in [2.45, 2.75) is 36.8 Å². The van der Waals surface area contributed by atoms with E-state index >= 15 is 0 Å². The molecule has 1 aliphatic rings. The molecule has 0 saturated carbocycles. The summed E-state index contributed by atoms with van der Waals surface area (Å²) in [5.41, 5.74) is 1.47. The maximum absolute atomic E-state index is 13.7. The first-order valence-electron chi connectivity index (χ1n) is 9.91. The van der Waals surface area contributed by atoms with E-state index in [1.165, 1.54) is 0 Å². The molecule has 2 atom stereocenters. The molecular weight excluding hydrogens is 396 g/mol. The van der Waals surface area contributed by atoms with Gasteiger partial charge in [0.1, 0.15) is 17.4 Å². The summed E-state index contributed by atoms with van der Waals surface area (Å²) in [7, 11) is -4.01. The molecule has 0 spiro atoms. The fourth-order valence-corrected chi connectivity index (χ4v) is 5.64. The predicted molar refractivity (Wildman–Crippen MR) is 118 cm³/mol. The zero-order valence-electron chi connectivity index (χ0n) is 16.9. The second-order valence-electron chi connectivity index (χ2n) is 7.46. The number of hydrogen-bond donors (Lipinski definition) is 1. The molecule has 30 heavy (non-hydrogen) atoms. The molecule has 3 aromatic rings. The summed E-state index contributed by atoms with van der Waals surface area (Å²) in [5, 5.41) is 16.0. The Morgan fingerprint density at radius 2 is 1.50 bits per heavy atom. The molecule has 0 radical (unpaired) electrons. The molecule has 1 heterocycles. The van der Waals surface area contributed by atoms with Crippen molar-refractivity contribution in [1.82, 2.24) is 4.41 Å². The fourth-order valence-electron chi connectivity index (χ4n) is 4.00. The minimum absolute atomic E-state index is 0.145. The molecule has 0 aliphatic carbocycles. The van der Waals surface area contributed by atoms with Gasteiger partial charge in [-0.25, -0.2) is 0 Å². The average molecular weight is 421 g/mol. The van der Waals surface area contributed by atoms with Gasteiger partial charge in [-0.05, 0) is 31.0 Å². The molecule has 0 aromatic heterocycles. The van der Waals surface area contributed by atoms with E-state index in [0.717, 1.165) is 9.98 Å². The number of hydrazone groups is 1. The zero-order valence-corrected chi connectivity index (χ0v) is 17.8. The van der Waals surface area contributed by atoms with Crippen molar-refractivity contribution >= 4 is 15.7 Å². The van der Waals surface area contributed by atoms with E-state index in [4.69, 9.17) is 0 Å². The molecule has 5 nitrogen and oxygen atoms in total. The number of sulfonamides is 1. The zero-order chi connectivity index (χ0) is 21.4. The molecule has 6 heteroatoms. The van der Waals surface area contributed by atoms with Crippen molar-refractivity contribution in [3.8, 4) is 0 Å². The van der Waals surface area contributed by atoms with Crippen LogP contribution in [0.5, 0.6) is 0 Å². The summed E-state index contributed by atoms with van der Waals surface area (Å²) in [6.07, 6.45) is -0.768. The summed E-state index contributed by atoms with van der Waals surface area (Å²) >= 11 is 0. The van der Waals surface area contributed by atoms with Crippen molar-refractivity contribution in [2.24, 2.45) is 5.10 Å². The largest absolute Gasteiger partial charge is 0.384 e. The third-order valence-corrected chi connectivity index (χ3v) is 7.41. The average Bonchev–Trinajstić information content (AvgIpc) is 3.09. The molecule has 1 N–H and O–H groups in total. The van der Waals surface area contributed by atoms with E-state index in [-0.39, 0.29) is 4.90 Å². The van der Waals surface area contributed by atoms with Crippen molar-refractivity contribution in [2.75, 3.05) is 0 Å². The molecule has 0 fully saturated rings. The van der Waals surface area contributed by atoms with E-state index in [1.54, 1.807) is 24.3 Å². The molecule has 0 amide bonds. The van der Waals surface area contributed by atoms with Gasteiger partial charge in [0.25, 0.3) is 10.0 Å². The van der Waals surface area contributed by atoms with Crippen molar-refractivity contribution in [1.29, 1.82) is 0 Å². The van der Waals surface area contributed by atoms with Crippen molar-refractivity contribution in [3.05, 3.63) is 102 Å². The van der Waals surface area contributed by atoms with Gasteiger partial charge in [-0.2, -0.15) is 17.9 Å². The van der Waals surface area contributed by atoms with Crippen LogP contribution in [0.15, 0.2) is 94.9 Å². The Morgan fingerprint density at radius 3 is 2.07 bits per heavy atom. The van der Waals surface area contributed by atoms with Crippen LogP contribution >= 0.6 is 0 Å². The van der Waals surface area contributed by atoms with E-state index < -0.39 is 21.7 Å². The second-order valence-corrected chi connectivity index (χ2v) is 9.23. The third-order valence-electron chi connectivity index (χ3n) is 5.68. The van der Waals surface area contributed by atoms with Crippen molar-refractivity contribution < 1.29 is 13.5 Å². The molecule has 154 valence electrons. The van der Waals surface area contributed by atoms with Gasteiger partial charge in [0.2, 0.25) is 0 Å². The lowest BCUT2D eigenvalue weighted by molar-refractivity contribution is 0.0708. The van der Waals surface area contributed by atoms with E-state index in [2.05, 4.69) is 5.10 Å². The van der Waals surface area contributed by atoms with E-state index in [9.17, 15) is 13.5 Å². The Kier molecular flexibility index (Phi) is 5.22. The summed E-state index contributed by atoms with van der Waals surface area (Å²) in [6.45, 7) is 3.78. The van der Waals surface area contributed by atoms with Crippen LogP contribution in [0, 0.1) is 6.92 Å². The number of nitrogens with zero attached hydrogens (tertiary/aromatic N) is 2. The van der Waals surface area contributed by atoms with Crippen LogP contribution in [0.3, 0.4) is 0 Å². The van der Waals surface area contributed by atoms with E-state index in [1.807, 2.05) is 74.5 Å². The number of aliphatic hydroxyl groups excluding tert-OH is 1. The molecule has 1 aliphatic heterocycles. The molecular formula is C24H24N2O3S. The maximum atomic E-state index is 13.7. The van der Waals surface area contributed by atoms with Crippen LogP contribution in [-0.2, 0) is 15.6 Å². The highest BCUT2D eigenvalue weighted by atomic mass is 32.2. The van der Waals surface area contributed by atoms with Gasteiger partial charge in [0, 0.05) is 5.56 Å². The summed E-state index contributed by atoms with van der Waals surface area (Å²) in [5.74, 6) is 0. The van der Waals surface area contributed by atoms with E-state index in [0.29, 0.717) is 23.3 Å². The first kappa shape index (κ1) is 20.3. The molecule has 4 rings (SSSR count). The van der Waals surface area contributed by atoms with Gasteiger partial charge in [-0.3, -0.25) is 0 Å². The standard InChI is InChI=1S/C24H24N2O3S/c1-3-24(20-12-8-5-9-13-20)23(27)22(19-10-6-4-7-11-19)25-26(24)30(28,29)21-16-14-18(2)15-17-21/h4-17,23,27H,3H2,1-2H3/t23-,24+/m1/s1. The predicted octanol–water partition coefficient (Wildman–Crippen LogP) is 4.07. The summed E-state index contributed by atoms with van der Waals surface area (Å²) < 4.78 is 28.6. The Balaban J connectivity index is 1.95. The molecule has 3 aromatic carbocycles. The molecule has 0 unspecified atom stereocenters.